The molecule has 0 saturated carbocycles. The van der Waals surface area contributed by atoms with Gasteiger partial charge in [-0.2, -0.15) is 0 Å². The normalized spacial score (nSPS) is 11.8. The Kier molecular flexibility index (Phi) is 6.01. The van der Waals surface area contributed by atoms with Gasteiger partial charge in [-0.25, -0.2) is 15.0 Å². The van der Waals surface area contributed by atoms with Crippen LogP contribution in [0.25, 0.3) is 98.2 Å². The van der Waals surface area contributed by atoms with Gasteiger partial charge in [-0.15, -0.1) is 11.3 Å². The van der Waals surface area contributed by atoms with E-state index in [1.54, 1.807) is 11.3 Å². The molecule has 0 N–H and O–H groups in total. The van der Waals surface area contributed by atoms with Crippen molar-refractivity contribution in [3.8, 4) is 45.3 Å². The van der Waals surface area contributed by atoms with E-state index in [1.807, 2.05) is 24.3 Å². The molecule has 5 heteroatoms. The van der Waals surface area contributed by atoms with Crippen LogP contribution in [0.2, 0.25) is 0 Å². The number of thiophene rings is 1. The van der Waals surface area contributed by atoms with Crippen molar-refractivity contribution in [3.05, 3.63) is 152 Å². The van der Waals surface area contributed by atoms with Gasteiger partial charge in [0.2, 0.25) is 0 Å². The predicted octanol–water partition coefficient (Wildman–Crippen LogP) is 12.0. The van der Waals surface area contributed by atoms with E-state index in [-0.39, 0.29) is 0 Å². The van der Waals surface area contributed by atoms with E-state index in [0.717, 1.165) is 55.1 Å². The first-order valence-corrected chi connectivity index (χ1v) is 16.7. The Morgan fingerprint density at radius 3 is 1.94 bits per heavy atom. The van der Waals surface area contributed by atoms with E-state index in [1.165, 1.54) is 25.6 Å². The SMILES string of the molecule is c1ccc(-c2cc(-c3nc(-c4ccc5ccccc5c4)nc(-c4ccc5sc6ccccc6c5c4)n3)c3c(c2)oc2ccccc23)cc1. The third-order valence-electron chi connectivity index (χ3n) is 9.10. The molecule has 0 radical (unpaired) electrons. The van der Waals surface area contributed by atoms with Gasteiger partial charge in [-0.05, 0) is 70.4 Å². The molecular weight excluding hydrogens is 607 g/mol. The molecule has 10 rings (SSSR count). The van der Waals surface area contributed by atoms with Crippen LogP contribution in [-0.2, 0) is 0 Å². The maximum Gasteiger partial charge on any atom is 0.164 e. The summed E-state index contributed by atoms with van der Waals surface area (Å²) in [4.78, 5) is 15.6. The molecule has 3 heterocycles. The molecule has 0 amide bonds. The van der Waals surface area contributed by atoms with Gasteiger partial charge in [0.25, 0.3) is 0 Å². The molecule has 0 atom stereocenters. The summed E-state index contributed by atoms with van der Waals surface area (Å²) >= 11 is 1.81. The lowest BCUT2D eigenvalue weighted by atomic mass is 9.98. The minimum atomic E-state index is 0.604. The molecular formula is C43H25N3OS. The van der Waals surface area contributed by atoms with Crippen LogP contribution < -0.4 is 0 Å². The van der Waals surface area contributed by atoms with Crippen molar-refractivity contribution < 1.29 is 4.42 Å². The molecule has 0 bridgehead atoms. The molecule has 0 spiro atoms. The molecule has 224 valence electrons. The second-order valence-corrected chi connectivity index (χ2v) is 13.1. The molecule has 7 aromatic carbocycles. The van der Waals surface area contributed by atoms with E-state index in [4.69, 9.17) is 19.4 Å². The van der Waals surface area contributed by atoms with Crippen LogP contribution in [0.5, 0.6) is 0 Å². The van der Waals surface area contributed by atoms with Gasteiger partial charge >= 0.3 is 0 Å². The van der Waals surface area contributed by atoms with E-state index < -0.39 is 0 Å². The third-order valence-corrected chi connectivity index (χ3v) is 10.3. The summed E-state index contributed by atoms with van der Waals surface area (Å²) in [5, 5.41) is 6.78. The summed E-state index contributed by atoms with van der Waals surface area (Å²) < 4.78 is 8.97. The number of fused-ring (bicyclic) bond motifs is 7. The summed E-state index contributed by atoms with van der Waals surface area (Å²) in [6.45, 7) is 0. The van der Waals surface area contributed by atoms with Gasteiger partial charge in [0.15, 0.2) is 17.5 Å². The maximum atomic E-state index is 6.46. The van der Waals surface area contributed by atoms with Gasteiger partial charge < -0.3 is 4.42 Å². The molecule has 0 unspecified atom stereocenters. The minimum Gasteiger partial charge on any atom is -0.456 e. The quantitative estimate of drug-likeness (QED) is 0.194. The van der Waals surface area contributed by atoms with E-state index in [0.29, 0.717) is 17.5 Å². The lowest BCUT2D eigenvalue weighted by Crippen LogP contribution is -2.01. The van der Waals surface area contributed by atoms with Crippen LogP contribution in [-0.4, -0.2) is 15.0 Å². The Bertz CT molecular complexity index is 2850. The summed E-state index contributed by atoms with van der Waals surface area (Å²) in [5.74, 6) is 1.86. The topological polar surface area (TPSA) is 51.8 Å². The first-order valence-electron chi connectivity index (χ1n) is 15.9. The molecule has 0 saturated heterocycles. The van der Waals surface area contributed by atoms with E-state index in [2.05, 4.69) is 127 Å². The highest BCUT2D eigenvalue weighted by Crippen LogP contribution is 2.41. The molecule has 48 heavy (non-hydrogen) atoms. The summed E-state index contributed by atoms with van der Waals surface area (Å²) in [6, 6.07) is 52.7. The van der Waals surface area contributed by atoms with Crippen molar-refractivity contribution in [2.24, 2.45) is 0 Å². The molecule has 0 aliphatic rings. The summed E-state index contributed by atoms with van der Waals surface area (Å²) in [6.07, 6.45) is 0. The molecule has 4 nitrogen and oxygen atoms in total. The average molecular weight is 632 g/mol. The summed E-state index contributed by atoms with van der Waals surface area (Å²) in [7, 11) is 0. The van der Waals surface area contributed by atoms with Crippen molar-refractivity contribution in [2.45, 2.75) is 0 Å². The van der Waals surface area contributed by atoms with Gasteiger partial charge in [0.05, 0.1) is 0 Å². The zero-order chi connectivity index (χ0) is 31.6. The number of aromatic nitrogens is 3. The first kappa shape index (κ1) is 27.0. The number of benzene rings is 7. The van der Waals surface area contributed by atoms with Gasteiger partial charge in [0.1, 0.15) is 11.2 Å². The van der Waals surface area contributed by atoms with E-state index in [9.17, 15) is 0 Å². The molecule has 0 aliphatic carbocycles. The lowest BCUT2D eigenvalue weighted by molar-refractivity contribution is 0.669. The maximum absolute atomic E-state index is 6.46. The van der Waals surface area contributed by atoms with Crippen molar-refractivity contribution in [1.29, 1.82) is 0 Å². The van der Waals surface area contributed by atoms with Crippen molar-refractivity contribution >= 4 is 64.2 Å². The van der Waals surface area contributed by atoms with Gasteiger partial charge in [-0.1, -0.05) is 103 Å². The highest BCUT2D eigenvalue weighted by atomic mass is 32.1. The fourth-order valence-electron chi connectivity index (χ4n) is 6.78. The van der Waals surface area contributed by atoms with Crippen LogP contribution in [0.4, 0.5) is 0 Å². The number of rotatable bonds is 4. The van der Waals surface area contributed by atoms with Crippen LogP contribution >= 0.6 is 11.3 Å². The first-order chi connectivity index (χ1) is 23.7. The van der Waals surface area contributed by atoms with Gasteiger partial charge in [0, 0.05) is 47.6 Å². The molecule has 3 aromatic heterocycles. The lowest BCUT2D eigenvalue weighted by Gasteiger charge is -2.11. The van der Waals surface area contributed by atoms with Crippen molar-refractivity contribution in [1.82, 2.24) is 15.0 Å². The Balaban J connectivity index is 1.27. The Morgan fingerprint density at radius 2 is 1.06 bits per heavy atom. The average Bonchev–Trinajstić information content (AvgIpc) is 3.72. The smallest absolute Gasteiger partial charge is 0.164 e. The number of hydrogen-bond donors (Lipinski definition) is 0. The Labute approximate surface area is 279 Å². The van der Waals surface area contributed by atoms with Crippen molar-refractivity contribution in [2.75, 3.05) is 0 Å². The zero-order valence-corrected chi connectivity index (χ0v) is 26.4. The fraction of sp³-hybridized carbons (Fsp3) is 0. The van der Waals surface area contributed by atoms with Crippen LogP contribution in [0.15, 0.2) is 156 Å². The van der Waals surface area contributed by atoms with Crippen molar-refractivity contribution in [3.63, 3.8) is 0 Å². The van der Waals surface area contributed by atoms with Gasteiger partial charge in [-0.3, -0.25) is 0 Å². The van der Waals surface area contributed by atoms with Crippen LogP contribution in [0.1, 0.15) is 0 Å². The Hall–Kier alpha value is -6.17. The largest absolute Gasteiger partial charge is 0.456 e. The highest BCUT2D eigenvalue weighted by Gasteiger charge is 2.20. The second-order valence-electron chi connectivity index (χ2n) is 12.0. The number of hydrogen-bond acceptors (Lipinski definition) is 5. The predicted molar refractivity (Wildman–Crippen MR) is 199 cm³/mol. The van der Waals surface area contributed by atoms with Crippen LogP contribution in [0.3, 0.4) is 0 Å². The third kappa shape index (κ3) is 4.40. The van der Waals surface area contributed by atoms with E-state index >= 15 is 0 Å². The number of furan rings is 1. The molecule has 0 fully saturated rings. The number of para-hydroxylation sites is 1. The highest BCUT2D eigenvalue weighted by molar-refractivity contribution is 7.25. The number of nitrogens with zero attached hydrogens (tertiary/aromatic N) is 3. The minimum absolute atomic E-state index is 0.604. The second kappa shape index (κ2) is 10.7. The standard InChI is InChI=1S/C43H25N3OS/c1-2-10-26(11-3-1)31-24-35(40-33-15-6-8-16-36(33)47-37(40)25-31)43-45-41(29-19-18-27-12-4-5-13-28(27)22-29)44-42(46-43)30-20-21-39-34(23-30)32-14-7-9-17-38(32)48-39/h1-25H. The summed E-state index contributed by atoms with van der Waals surface area (Å²) in [5.41, 5.74) is 6.56. The molecule has 0 aliphatic heterocycles. The monoisotopic (exact) mass is 631 g/mol. The van der Waals surface area contributed by atoms with Crippen LogP contribution in [0, 0.1) is 0 Å². The zero-order valence-electron chi connectivity index (χ0n) is 25.6. The Morgan fingerprint density at radius 1 is 0.396 bits per heavy atom. The molecule has 10 aromatic rings. The fourth-order valence-corrected chi connectivity index (χ4v) is 7.86.